The summed E-state index contributed by atoms with van der Waals surface area (Å²) in [6.07, 6.45) is 1.30. The third-order valence-electron chi connectivity index (χ3n) is 5.23. The van der Waals surface area contributed by atoms with Crippen LogP contribution in [0.3, 0.4) is 0 Å². The van der Waals surface area contributed by atoms with Crippen LogP contribution in [-0.2, 0) is 0 Å². The van der Waals surface area contributed by atoms with E-state index in [-0.39, 0.29) is 11.8 Å². The zero-order valence-electron chi connectivity index (χ0n) is 14.4. The van der Waals surface area contributed by atoms with Crippen molar-refractivity contribution in [3.63, 3.8) is 0 Å². The molecule has 1 aliphatic rings. The summed E-state index contributed by atoms with van der Waals surface area (Å²) in [4.78, 5) is 14.5. The zero-order valence-corrected chi connectivity index (χ0v) is 14.4. The van der Waals surface area contributed by atoms with Gasteiger partial charge in [-0.1, -0.05) is 56.3 Å². The molecule has 2 aromatic carbocycles. The SMILES string of the molecule is CC(C)C1(O)CCN(C(=O)c2ccc(-c3ccccc3)cc2)CC1. The second kappa shape index (κ2) is 6.78. The Morgan fingerprint density at radius 2 is 1.50 bits per heavy atom. The number of nitrogens with zero attached hydrogens (tertiary/aromatic N) is 1. The first-order valence-electron chi connectivity index (χ1n) is 8.67. The van der Waals surface area contributed by atoms with Gasteiger partial charge in [-0.2, -0.15) is 0 Å². The minimum absolute atomic E-state index is 0.0559. The number of piperidine rings is 1. The van der Waals surface area contributed by atoms with E-state index in [2.05, 4.69) is 12.1 Å². The van der Waals surface area contributed by atoms with E-state index < -0.39 is 5.60 Å². The number of carbonyl (C=O) groups is 1. The molecule has 0 aromatic heterocycles. The van der Waals surface area contributed by atoms with Gasteiger partial charge >= 0.3 is 0 Å². The standard InChI is InChI=1S/C21H25NO2/c1-16(2)21(24)12-14-22(15-13-21)20(23)19-10-8-18(9-11-19)17-6-4-3-5-7-17/h3-11,16,24H,12-15H2,1-2H3. The monoisotopic (exact) mass is 323 g/mol. The van der Waals surface area contributed by atoms with E-state index in [0.717, 1.165) is 11.1 Å². The van der Waals surface area contributed by atoms with Crippen molar-refractivity contribution in [2.75, 3.05) is 13.1 Å². The number of benzene rings is 2. The Balaban J connectivity index is 1.68. The van der Waals surface area contributed by atoms with Gasteiger partial charge in [-0.05, 0) is 42.0 Å². The van der Waals surface area contributed by atoms with Crippen LogP contribution in [0.15, 0.2) is 54.6 Å². The Morgan fingerprint density at radius 1 is 0.958 bits per heavy atom. The van der Waals surface area contributed by atoms with Crippen molar-refractivity contribution in [1.29, 1.82) is 0 Å². The Kier molecular flexibility index (Phi) is 4.72. The summed E-state index contributed by atoms with van der Waals surface area (Å²) >= 11 is 0. The van der Waals surface area contributed by atoms with E-state index in [0.29, 0.717) is 31.5 Å². The van der Waals surface area contributed by atoms with Crippen LogP contribution in [0.2, 0.25) is 0 Å². The van der Waals surface area contributed by atoms with Gasteiger partial charge in [0.2, 0.25) is 0 Å². The molecule has 0 aliphatic carbocycles. The van der Waals surface area contributed by atoms with Gasteiger partial charge in [0.15, 0.2) is 0 Å². The fraction of sp³-hybridized carbons (Fsp3) is 0.381. The van der Waals surface area contributed by atoms with Crippen molar-refractivity contribution < 1.29 is 9.90 Å². The number of rotatable bonds is 3. The molecule has 0 radical (unpaired) electrons. The molecule has 1 heterocycles. The number of aliphatic hydroxyl groups is 1. The van der Waals surface area contributed by atoms with Gasteiger partial charge in [0.1, 0.15) is 0 Å². The summed E-state index contributed by atoms with van der Waals surface area (Å²) < 4.78 is 0. The largest absolute Gasteiger partial charge is 0.389 e. The van der Waals surface area contributed by atoms with Crippen molar-refractivity contribution in [2.24, 2.45) is 5.92 Å². The van der Waals surface area contributed by atoms with Crippen LogP contribution in [0.4, 0.5) is 0 Å². The summed E-state index contributed by atoms with van der Waals surface area (Å²) in [5.41, 5.74) is 2.34. The van der Waals surface area contributed by atoms with E-state index in [1.807, 2.05) is 61.2 Å². The van der Waals surface area contributed by atoms with E-state index in [1.54, 1.807) is 0 Å². The van der Waals surface area contributed by atoms with E-state index >= 15 is 0 Å². The van der Waals surface area contributed by atoms with Crippen LogP contribution < -0.4 is 0 Å². The average Bonchev–Trinajstić information content (AvgIpc) is 2.62. The maximum atomic E-state index is 12.7. The number of amides is 1. The fourth-order valence-electron chi connectivity index (χ4n) is 3.29. The molecule has 1 amide bonds. The van der Waals surface area contributed by atoms with Gasteiger partial charge in [0, 0.05) is 18.7 Å². The van der Waals surface area contributed by atoms with Crippen LogP contribution in [0.1, 0.15) is 37.0 Å². The molecule has 126 valence electrons. The molecule has 3 rings (SSSR count). The Morgan fingerprint density at radius 3 is 2.04 bits per heavy atom. The van der Waals surface area contributed by atoms with Crippen molar-refractivity contribution in [3.05, 3.63) is 60.2 Å². The predicted octanol–water partition coefficient (Wildman–Crippen LogP) is 3.98. The highest BCUT2D eigenvalue weighted by Gasteiger charge is 2.36. The Hall–Kier alpha value is -2.13. The average molecular weight is 323 g/mol. The lowest BCUT2D eigenvalue weighted by molar-refractivity contribution is -0.0512. The summed E-state index contributed by atoms with van der Waals surface area (Å²) in [5.74, 6) is 0.278. The van der Waals surface area contributed by atoms with Crippen molar-refractivity contribution in [2.45, 2.75) is 32.3 Å². The van der Waals surface area contributed by atoms with Crippen molar-refractivity contribution in [3.8, 4) is 11.1 Å². The van der Waals surface area contributed by atoms with Gasteiger partial charge in [0.05, 0.1) is 5.60 Å². The third-order valence-corrected chi connectivity index (χ3v) is 5.23. The molecule has 1 fully saturated rings. The van der Waals surface area contributed by atoms with Crippen molar-refractivity contribution >= 4 is 5.91 Å². The molecule has 3 nitrogen and oxygen atoms in total. The number of carbonyl (C=O) groups excluding carboxylic acids is 1. The molecule has 0 saturated carbocycles. The van der Waals surface area contributed by atoms with Gasteiger partial charge < -0.3 is 10.0 Å². The van der Waals surface area contributed by atoms with Gasteiger partial charge in [-0.3, -0.25) is 4.79 Å². The molecule has 2 aromatic rings. The highest BCUT2D eigenvalue weighted by Crippen LogP contribution is 2.30. The quantitative estimate of drug-likeness (QED) is 0.928. The molecule has 0 spiro atoms. The summed E-state index contributed by atoms with van der Waals surface area (Å²) in [5, 5.41) is 10.5. The predicted molar refractivity (Wildman–Crippen MR) is 96.8 cm³/mol. The highest BCUT2D eigenvalue weighted by atomic mass is 16.3. The van der Waals surface area contributed by atoms with Crippen molar-refractivity contribution in [1.82, 2.24) is 4.90 Å². The maximum Gasteiger partial charge on any atom is 0.253 e. The lowest BCUT2D eigenvalue weighted by Gasteiger charge is -2.40. The lowest BCUT2D eigenvalue weighted by Crippen LogP contribution is -2.49. The van der Waals surface area contributed by atoms with Gasteiger partial charge in [0.25, 0.3) is 5.91 Å². The second-order valence-corrected chi connectivity index (χ2v) is 6.99. The normalized spacial score (nSPS) is 17.1. The van der Waals surface area contributed by atoms with E-state index in [9.17, 15) is 9.90 Å². The number of hydrogen-bond acceptors (Lipinski definition) is 2. The molecular weight excluding hydrogens is 298 g/mol. The second-order valence-electron chi connectivity index (χ2n) is 6.99. The summed E-state index contributed by atoms with van der Waals surface area (Å²) in [7, 11) is 0. The first-order valence-corrected chi connectivity index (χ1v) is 8.67. The minimum atomic E-state index is -0.631. The summed E-state index contributed by atoms with van der Waals surface area (Å²) in [6.45, 7) is 5.32. The third kappa shape index (κ3) is 3.36. The maximum absolute atomic E-state index is 12.7. The van der Waals surface area contributed by atoms with Gasteiger partial charge in [-0.15, -0.1) is 0 Å². The van der Waals surface area contributed by atoms with Crippen LogP contribution in [0, 0.1) is 5.92 Å². The molecule has 0 bridgehead atoms. The van der Waals surface area contributed by atoms with Crippen LogP contribution in [0.25, 0.3) is 11.1 Å². The smallest absolute Gasteiger partial charge is 0.253 e. The molecular formula is C21H25NO2. The molecule has 1 saturated heterocycles. The molecule has 24 heavy (non-hydrogen) atoms. The molecule has 1 N–H and O–H groups in total. The summed E-state index contributed by atoms with van der Waals surface area (Å²) in [6, 6.07) is 17.9. The van der Waals surface area contributed by atoms with E-state index in [1.165, 1.54) is 0 Å². The van der Waals surface area contributed by atoms with Crippen LogP contribution >= 0.6 is 0 Å². The minimum Gasteiger partial charge on any atom is -0.389 e. The fourth-order valence-corrected chi connectivity index (χ4v) is 3.29. The van der Waals surface area contributed by atoms with Crippen LogP contribution in [0.5, 0.6) is 0 Å². The topological polar surface area (TPSA) is 40.5 Å². The number of hydrogen-bond donors (Lipinski definition) is 1. The molecule has 0 atom stereocenters. The van der Waals surface area contributed by atoms with Crippen LogP contribution in [-0.4, -0.2) is 34.6 Å². The molecule has 0 unspecified atom stereocenters. The first kappa shape index (κ1) is 16.7. The Bertz CT molecular complexity index is 684. The molecule has 1 aliphatic heterocycles. The van der Waals surface area contributed by atoms with E-state index in [4.69, 9.17) is 0 Å². The number of likely N-dealkylation sites (tertiary alicyclic amines) is 1. The Labute approximate surface area is 143 Å². The zero-order chi connectivity index (χ0) is 17.2. The lowest BCUT2D eigenvalue weighted by atomic mass is 9.81. The highest BCUT2D eigenvalue weighted by molar-refractivity contribution is 5.94. The first-order chi connectivity index (χ1) is 11.5. The molecule has 3 heteroatoms. The van der Waals surface area contributed by atoms with Gasteiger partial charge in [-0.25, -0.2) is 0 Å².